The molecule has 1 fully saturated rings. The van der Waals surface area contributed by atoms with Crippen LogP contribution < -0.4 is 4.90 Å². The molecule has 0 saturated carbocycles. The van der Waals surface area contributed by atoms with Crippen LogP contribution in [0.1, 0.15) is 15.9 Å². The van der Waals surface area contributed by atoms with Gasteiger partial charge in [0.25, 0.3) is 0 Å². The summed E-state index contributed by atoms with van der Waals surface area (Å²) in [6, 6.07) is 7.12. The third kappa shape index (κ3) is 2.50. The zero-order valence-electron chi connectivity index (χ0n) is 9.87. The minimum Gasteiger partial charge on any atom is -0.394 e. The second kappa shape index (κ2) is 5.63. The molecule has 0 bridgehead atoms. The Morgan fingerprint density at radius 3 is 3.11 bits per heavy atom. The summed E-state index contributed by atoms with van der Waals surface area (Å²) in [4.78, 5) is 12.7. The van der Waals surface area contributed by atoms with Crippen LogP contribution in [0.3, 0.4) is 0 Å². The molecule has 18 heavy (non-hydrogen) atoms. The van der Waals surface area contributed by atoms with E-state index in [9.17, 15) is 4.79 Å². The normalized spacial score (nSPS) is 19.3. The summed E-state index contributed by atoms with van der Waals surface area (Å²) in [5, 5.41) is 18.2. The van der Waals surface area contributed by atoms with Crippen LogP contribution in [0.4, 0.5) is 5.69 Å². The van der Waals surface area contributed by atoms with Crippen molar-refractivity contribution >= 4 is 12.0 Å². The molecule has 1 atom stereocenters. The van der Waals surface area contributed by atoms with E-state index in [1.54, 1.807) is 18.2 Å². The van der Waals surface area contributed by atoms with E-state index >= 15 is 0 Å². The number of aldehydes is 1. The van der Waals surface area contributed by atoms with Crippen molar-refractivity contribution in [1.82, 2.24) is 0 Å². The summed E-state index contributed by atoms with van der Waals surface area (Å²) in [7, 11) is 0. The van der Waals surface area contributed by atoms with Crippen molar-refractivity contribution in [3.05, 3.63) is 29.3 Å². The van der Waals surface area contributed by atoms with Crippen molar-refractivity contribution in [2.45, 2.75) is 6.10 Å². The third-order valence-electron chi connectivity index (χ3n) is 2.96. The van der Waals surface area contributed by atoms with Gasteiger partial charge in [-0.05, 0) is 18.2 Å². The Morgan fingerprint density at radius 2 is 2.44 bits per heavy atom. The minimum absolute atomic E-state index is 0.0369. The van der Waals surface area contributed by atoms with Gasteiger partial charge in [0.05, 0.1) is 30.6 Å². The van der Waals surface area contributed by atoms with Crippen LogP contribution in [0, 0.1) is 11.3 Å². The molecule has 94 valence electrons. The lowest BCUT2D eigenvalue weighted by Crippen LogP contribution is -2.44. The molecule has 0 spiro atoms. The molecule has 1 aliphatic heterocycles. The molecule has 1 aromatic carbocycles. The van der Waals surface area contributed by atoms with Crippen molar-refractivity contribution in [3.8, 4) is 6.07 Å². The van der Waals surface area contributed by atoms with Crippen molar-refractivity contribution in [1.29, 1.82) is 5.26 Å². The monoisotopic (exact) mass is 246 g/mol. The number of rotatable bonds is 3. The lowest BCUT2D eigenvalue weighted by Gasteiger charge is -2.34. The Hall–Kier alpha value is -1.90. The van der Waals surface area contributed by atoms with Crippen molar-refractivity contribution < 1.29 is 14.6 Å². The van der Waals surface area contributed by atoms with Gasteiger partial charge in [0.1, 0.15) is 12.4 Å². The number of ether oxygens (including phenoxy) is 1. The van der Waals surface area contributed by atoms with Crippen LogP contribution in [0.2, 0.25) is 0 Å². The first-order valence-electron chi connectivity index (χ1n) is 5.75. The second-order valence-electron chi connectivity index (χ2n) is 4.13. The molecule has 0 amide bonds. The zero-order valence-corrected chi connectivity index (χ0v) is 9.87. The number of nitrogens with zero attached hydrogens (tertiary/aromatic N) is 2. The van der Waals surface area contributed by atoms with Crippen LogP contribution >= 0.6 is 0 Å². The van der Waals surface area contributed by atoms with Crippen LogP contribution in [-0.4, -0.2) is 43.8 Å². The van der Waals surface area contributed by atoms with Crippen molar-refractivity contribution in [2.75, 3.05) is 31.2 Å². The number of nitriles is 1. The van der Waals surface area contributed by atoms with Gasteiger partial charge in [-0.3, -0.25) is 4.79 Å². The SMILES string of the molecule is N#Cc1cc(C=O)ccc1N1CCOC(CO)C1. The number of anilines is 1. The minimum atomic E-state index is -0.226. The molecule has 0 radical (unpaired) electrons. The fourth-order valence-electron chi connectivity index (χ4n) is 2.04. The highest BCUT2D eigenvalue weighted by Gasteiger charge is 2.21. The number of carbonyl (C=O) groups excluding carboxylic acids is 1. The fraction of sp³-hybridized carbons (Fsp3) is 0.385. The van der Waals surface area contributed by atoms with Gasteiger partial charge < -0.3 is 14.7 Å². The van der Waals surface area contributed by atoms with E-state index in [1.165, 1.54) is 0 Å². The first-order chi connectivity index (χ1) is 8.78. The van der Waals surface area contributed by atoms with Crippen molar-refractivity contribution in [3.63, 3.8) is 0 Å². The Balaban J connectivity index is 2.27. The molecule has 1 aliphatic rings. The largest absolute Gasteiger partial charge is 0.394 e. The number of aliphatic hydroxyl groups is 1. The number of carbonyl (C=O) groups is 1. The van der Waals surface area contributed by atoms with E-state index in [2.05, 4.69) is 6.07 Å². The van der Waals surface area contributed by atoms with E-state index in [0.29, 0.717) is 30.8 Å². The molecular formula is C13H14N2O3. The van der Waals surface area contributed by atoms with Gasteiger partial charge in [0.15, 0.2) is 0 Å². The first-order valence-corrected chi connectivity index (χ1v) is 5.75. The summed E-state index contributed by atoms with van der Waals surface area (Å²) < 4.78 is 5.37. The Bertz CT molecular complexity index is 482. The molecule has 2 rings (SSSR count). The van der Waals surface area contributed by atoms with Gasteiger partial charge in [-0.25, -0.2) is 0 Å². The van der Waals surface area contributed by atoms with E-state index in [1.807, 2.05) is 4.90 Å². The summed E-state index contributed by atoms with van der Waals surface area (Å²) in [6.07, 6.45) is 0.497. The van der Waals surface area contributed by atoms with Gasteiger partial charge in [-0.2, -0.15) is 5.26 Å². The number of hydrogen-bond acceptors (Lipinski definition) is 5. The maximum Gasteiger partial charge on any atom is 0.150 e. The van der Waals surface area contributed by atoms with E-state index in [-0.39, 0.29) is 12.7 Å². The number of hydrogen-bond donors (Lipinski definition) is 1. The predicted molar refractivity (Wildman–Crippen MR) is 65.6 cm³/mol. The lowest BCUT2D eigenvalue weighted by atomic mass is 10.1. The lowest BCUT2D eigenvalue weighted by molar-refractivity contribution is 0.00355. The highest BCUT2D eigenvalue weighted by Crippen LogP contribution is 2.23. The maximum absolute atomic E-state index is 10.7. The van der Waals surface area contributed by atoms with Crippen LogP contribution in [0.15, 0.2) is 18.2 Å². The van der Waals surface area contributed by atoms with E-state index in [4.69, 9.17) is 15.1 Å². The van der Waals surface area contributed by atoms with Gasteiger partial charge in [0, 0.05) is 18.7 Å². The number of benzene rings is 1. The molecule has 5 heteroatoms. The Kier molecular flexibility index (Phi) is 3.92. The molecule has 1 aromatic rings. The summed E-state index contributed by atoms with van der Waals surface area (Å²) in [5.41, 5.74) is 1.74. The molecular weight excluding hydrogens is 232 g/mol. The van der Waals surface area contributed by atoms with E-state index < -0.39 is 0 Å². The topological polar surface area (TPSA) is 73.6 Å². The standard InChI is InChI=1S/C13H14N2O3/c14-6-11-5-10(8-16)1-2-13(11)15-3-4-18-12(7-15)9-17/h1-2,5,8,12,17H,3-4,7,9H2. The van der Waals surface area contributed by atoms with Crippen LogP contribution in [0.25, 0.3) is 0 Å². The summed E-state index contributed by atoms with van der Waals surface area (Å²) in [6.45, 7) is 1.70. The first kappa shape index (κ1) is 12.6. The zero-order chi connectivity index (χ0) is 13.0. The van der Waals surface area contributed by atoms with Gasteiger partial charge in [0.2, 0.25) is 0 Å². The van der Waals surface area contributed by atoms with Crippen LogP contribution in [0.5, 0.6) is 0 Å². The van der Waals surface area contributed by atoms with Gasteiger partial charge in [-0.1, -0.05) is 0 Å². The van der Waals surface area contributed by atoms with Crippen LogP contribution in [-0.2, 0) is 4.74 Å². The maximum atomic E-state index is 10.7. The summed E-state index contributed by atoms with van der Waals surface area (Å²) >= 11 is 0. The highest BCUT2D eigenvalue weighted by atomic mass is 16.5. The fourth-order valence-corrected chi connectivity index (χ4v) is 2.04. The highest BCUT2D eigenvalue weighted by molar-refractivity contribution is 5.78. The summed E-state index contributed by atoms with van der Waals surface area (Å²) in [5.74, 6) is 0. The molecule has 1 heterocycles. The average molecular weight is 246 g/mol. The molecule has 0 aliphatic carbocycles. The average Bonchev–Trinajstić information content (AvgIpc) is 2.46. The van der Waals surface area contributed by atoms with E-state index in [0.717, 1.165) is 12.0 Å². The molecule has 1 N–H and O–H groups in total. The molecule has 1 unspecified atom stereocenters. The van der Waals surface area contributed by atoms with Crippen molar-refractivity contribution in [2.24, 2.45) is 0 Å². The molecule has 5 nitrogen and oxygen atoms in total. The Labute approximate surface area is 105 Å². The smallest absolute Gasteiger partial charge is 0.150 e. The molecule has 1 saturated heterocycles. The molecule has 0 aromatic heterocycles. The Morgan fingerprint density at radius 1 is 1.61 bits per heavy atom. The predicted octanol–water partition coefficient (Wildman–Crippen LogP) is 0.568. The number of morpholine rings is 1. The quantitative estimate of drug-likeness (QED) is 0.789. The number of aliphatic hydroxyl groups excluding tert-OH is 1. The van der Waals surface area contributed by atoms with Gasteiger partial charge >= 0.3 is 0 Å². The second-order valence-corrected chi connectivity index (χ2v) is 4.13. The van der Waals surface area contributed by atoms with Gasteiger partial charge in [-0.15, -0.1) is 0 Å². The third-order valence-corrected chi connectivity index (χ3v) is 2.96.